The van der Waals surface area contributed by atoms with Crippen molar-refractivity contribution >= 4 is 29.5 Å². The van der Waals surface area contributed by atoms with Crippen LogP contribution in [0.4, 0.5) is 23.7 Å². The van der Waals surface area contributed by atoms with E-state index in [4.69, 9.17) is 11.6 Å². The largest absolute Gasteiger partial charge is 0.414 e. The van der Waals surface area contributed by atoms with Crippen LogP contribution in [0.2, 0.25) is 5.02 Å². The molecule has 1 aromatic rings. The van der Waals surface area contributed by atoms with E-state index in [-0.39, 0.29) is 16.3 Å². The van der Waals surface area contributed by atoms with Gasteiger partial charge in [0.1, 0.15) is 0 Å². The first-order valence-corrected chi connectivity index (χ1v) is 7.30. The second-order valence-corrected chi connectivity index (χ2v) is 6.43. The third-order valence-electron chi connectivity index (χ3n) is 4.03. The van der Waals surface area contributed by atoms with E-state index < -0.39 is 23.0 Å². The molecule has 0 saturated heterocycles. The molecule has 120 valence electrons. The fraction of sp³-hybridized carbons (Fsp3) is 0.375. The third-order valence-corrected chi connectivity index (χ3v) is 4.27. The van der Waals surface area contributed by atoms with Crippen molar-refractivity contribution in [1.82, 2.24) is 0 Å². The van der Waals surface area contributed by atoms with Gasteiger partial charge in [0.2, 0.25) is 0 Å². The molecule has 1 atom stereocenters. The molecule has 23 heavy (non-hydrogen) atoms. The summed E-state index contributed by atoms with van der Waals surface area (Å²) in [5.74, 6) is 5.06. The minimum absolute atomic E-state index is 0.00414. The van der Waals surface area contributed by atoms with Crippen molar-refractivity contribution in [3.05, 3.63) is 28.8 Å². The second kappa shape index (κ2) is 5.00. The van der Waals surface area contributed by atoms with Gasteiger partial charge in [-0.3, -0.25) is 0 Å². The standard InChI is InChI=1S/C16H12ClF3N2O/c1-14(4-5-14)6-7-15(16(18,19)20)9-21-13(23)22-12-3-2-10(17)8-11(12)15/h2-3,8-9H,4-5H2,1H3,(H,22,23). The maximum Gasteiger partial charge on any atom is 0.414 e. The zero-order chi connectivity index (χ0) is 16.9. The molecule has 1 heterocycles. The fourth-order valence-electron chi connectivity index (χ4n) is 2.28. The number of amides is 2. The second-order valence-electron chi connectivity index (χ2n) is 5.99. The van der Waals surface area contributed by atoms with Crippen LogP contribution < -0.4 is 5.32 Å². The Morgan fingerprint density at radius 2 is 2.00 bits per heavy atom. The normalized spacial score (nSPS) is 24.8. The van der Waals surface area contributed by atoms with E-state index in [1.165, 1.54) is 18.2 Å². The summed E-state index contributed by atoms with van der Waals surface area (Å²) in [4.78, 5) is 15.0. The van der Waals surface area contributed by atoms with Gasteiger partial charge in [-0.25, -0.2) is 9.79 Å². The molecule has 1 fully saturated rings. The molecule has 0 spiro atoms. The predicted molar refractivity (Wildman–Crippen MR) is 81.8 cm³/mol. The summed E-state index contributed by atoms with van der Waals surface area (Å²) in [6.45, 7) is 1.81. The number of alkyl halides is 3. The zero-order valence-corrected chi connectivity index (χ0v) is 12.8. The van der Waals surface area contributed by atoms with Gasteiger partial charge in [0.05, 0.1) is 0 Å². The molecule has 1 unspecified atom stereocenters. The van der Waals surface area contributed by atoms with Gasteiger partial charge in [-0.2, -0.15) is 13.2 Å². The van der Waals surface area contributed by atoms with Gasteiger partial charge in [-0.1, -0.05) is 23.4 Å². The molecule has 2 aliphatic rings. The zero-order valence-electron chi connectivity index (χ0n) is 12.1. The van der Waals surface area contributed by atoms with Crippen molar-refractivity contribution in [3.63, 3.8) is 0 Å². The lowest BCUT2D eigenvalue weighted by Gasteiger charge is -2.28. The number of hydrogen-bond acceptors (Lipinski definition) is 1. The molecule has 2 amide bonds. The number of carbonyl (C=O) groups is 1. The number of benzene rings is 1. The quantitative estimate of drug-likeness (QED) is 0.691. The minimum Gasteiger partial charge on any atom is -0.306 e. The lowest BCUT2D eigenvalue weighted by atomic mass is 9.80. The number of rotatable bonds is 0. The van der Waals surface area contributed by atoms with Crippen LogP contribution in [0.15, 0.2) is 23.2 Å². The highest BCUT2D eigenvalue weighted by atomic mass is 35.5. The van der Waals surface area contributed by atoms with Crippen molar-refractivity contribution in [2.45, 2.75) is 31.4 Å². The molecule has 7 heteroatoms. The molecule has 1 aromatic carbocycles. The number of urea groups is 1. The summed E-state index contributed by atoms with van der Waals surface area (Å²) < 4.78 is 41.8. The summed E-state index contributed by atoms with van der Waals surface area (Å²) >= 11 is 5.87. The van der Waals surface area contributed by atoms with Gasteiger partial charge in [0, 0.05) is 27.9 Å². The first-order valence-electron chi connectivity index (χ1n) is 6.93. The molecule has 0 radical (unpaired) electrons. The van der Waals surface area contributed by atoms with E-state index in [1.807, 2.05) is 0 Å². The summed E-state index contributed by atoms with van der Waals surface area (Å²) in [6.07, 6.45) is -2.67. The van der Waals surface area contributed by atoms with Gasteiger partial charge in [-0.15, -0.1) is 0 Å². The van der Waals surface area contributed by atoms with Crippen molar-refractivity contribution < 1.29 is 18.0 Å². The molecular weight excluding hydrogens is 329 g/mol. The smallest absolute Gasteiger partial charge is 0.306 e. The molecule has 0 bridgehead atoms. The molecule has 3 nitrogen and oxygen atoms in total. The van der Waals surface area contributed by atoms with Crippen LogP contribution in [0.5, 0.6) is 0 Å². The Balaban J connectivity index is 2.29. The van der Waals surface area contributed by atoms with Crippen LogP contribution in [-0.4, -0.2) is 18.4 Å². The monoisotopic (exact) mass is 340 g/mol. The lowest BCUT2D eigenvalue weighted by molar-refractivity contribution is -0.152. The molecule has 0 aromatic heterocycles. The van der Waals surface area contributed by atoms with Crippen molar-refractivity contribution in [3.8, 4) is 11.8 Å². The highest BCUT2D eigenvalue weighted by Crippen LogP contribution is 2.47. The van der Waals surface area contributed by atoms with E-state index in [1.54, 1.807) is 6.92 Å². The maximum atomic E-state index is 13.9. The van der Waals surface area contributed by atoms with Crippen LogP contribution in [0.3, 0.4) is 0 Å². The number of aliphatic imine (C=N–C) groups is 1. The number of fused-ring (bicyclic) bond motifs is 1. The molecular formula is C16H12ClF3N2O. The van der Waals surface area contributed by atoms with Crippen LogP contribution >= 0.6 is 11.6 Å². The number of halogens is 4. The predicted octanol–water partition coefficient (Wildman–Crippen LogP) is 4.56. The van der Waals surface area contributed by atoms with Crippen molar-refractivity contribution in [2.75, 3.05) is 5.32 Å². The number of carbonyl (C=O) groups excluding carboxylic acids is 1. The number of nitrogens with zero attached hydrogens (tertiary/aromatic N) is 1. The average molecular weight is 341 g/mol. The number of anilines is 1. The van der Waals surface area contributed by atoms with E-state index in [9.17, 15) is 18.0 Å². The van der Waals surface area contributed by atoms with Gasteiger partial charge < -0.3 is 5.32 Å². The van der Waals surface area contributed by atoms with Crippen LogP contribution in [0.25, 0.3) is 0 Å². The Hall–Kier alpha value is -2.00. The maximum absolute atomic E-state index is 13.9. The number of hydrogen-bond donors (Lipinski definition) is 1. The molecule has 1 N–H and O–H groups in total. The lowest BCUT2D eigenvalue weighted by Crippen LogP contribution is -2.43. The summed E-state index contributed by atoms with van der Waals surface area (Å²) in [6, 6.07) is 3.03. The minimum atomic E-state index is -4.75. The Bertz CT molecular complexity index is 772. The van der Waals surface area contributed by atoms with Gasteiger partial charge in [-0.05, 0) is 38.0 Å². The van der Waals surface area contributed by atoms with Crippen molar-refractivity contribution in [1.29, 1.82) is 0 Å². The first-order chi connectivity index (χ1) is 10.7. The highest BCUT2D eigenvalue weighted by Gasteiger charge is 2.56. The summed E-state index contributed by atoms with van der Waals surface area (Å²) in [5.41, 5.74) is -3.29. The van der Waals surface area contributed by atoms with E-state index >= 15 is 0 Å². The van der Waals surface area contributed by atoms with E-state index in [0.29, 0.717) is 6.21 Å². The van der Waals surface area contributed by atoms with Gasteiger partial charge in [0.15, 0.2) is 5.41 Å². The SMILES string of the molecule is CC1(C#CC2(C(F)(F)F)C=NC(=O)Nc3ccc(Cl)cc32)CC1. The van der Waals surface area contributed by atoms with Crippen molar-refractivity contribution in [2.24, 2.45) is 10.4 Å². The highest BCUT2D eigenvalue weighted by molar-refractivity contribution is 6.30. The Labute approximate surface area is 135 Å². The first kappa shape index (κ1) is 15.9. The third kappa shape index (κ3) is 2.81. The van der Waals surface area contributed by atoms with Gasteiger partial charge in [0.25, 0.3) is 0 Å². The van der Waals surface area contributed by atoms with E-state index in [2.05, 4.69) is 22.2 Å². The molecule has 1 aliphatic heterocycles. The summed E-state index contributed by atoms with van der Waals surface area (Å²) in [7, 11) is 0. The Morgan fingerprint density at radius 3 is 2.61 bits per heavy atom. The molecule has 3 rings (SSSR count). The van der Waals surface area contributed by atoms with E-state index in [0.717, 1.165) is 12.8 Å². The fourth-order valence-corrected chi connectivity index (χ4v) is 2.45. The van der Waals surface area contributed by atoms with Crippen LogP contribution in [0, 0.1) is 17.3 Å². The number of nitrogens with one attached hydrogen (secondary N) is 1. The average Bonchev–Trinajstić information content (AvgIpc) is 3.19. The molecule has 1 saturated carbocycles. The van der Waals surface area contributed by atoms with Crippen LogP contribution in [0.1, 0.15) is 25.3 Å². The Kier molecular flexibility index (Phi) is 3.45. The Morgan fingerprint density at radius 1 is 1.30 bits per heavy atom. The molecule has 1 aliphatic carbocycles. The van der Waals surface area contributed by atoms with Gasteiger partial charge >= 0.3 is 12.2 Å². The van der Waals surface area contributed by atoms with Crippen LogP contribution in [-0.2, 0) is 5.41 Å². The summed E-state index contributed by atoms with van der Waals surface area (Å²) in [5, 5.41) is 2.45. The topological polar surface area (TPSA) is 41.5 Å².